The van der Waals surface area contributed by atoms with Crippen molar-refractivity contribution in [2.45, 2.75) is 71.6 Å². The molecule has 0 radical (unpaired) electrons. The highest BCUT2D eigenvalue weighted by atomic mass is 32.2. The fourth-order valence-corrected chi connectivity index (χ4v) is 8.09. The van der Waals surface area contributed by atoms with Gasteiger partial charge in [0.15, 0.2) is 11.6 Å². The Kier molecular flexibility index (Phi) is 4.49. The Morgan fingerprint density at radius 1 is 1.22 bits per heavy atom. The minimum Gasteiger partial charge on any atom is -0.382 e. The molecule has 0 aromatic rings. The first-order chi connectivity index (χ1) is 14.6. The molecule has 0 aromatic heterocycles. The van der Waals surface area contributed by atoms with E-state index in [1.165, 1.54) is 0 Å². The summed E-state index contributed by atoms with van der Waals surface area (Å²) >= 11 is 0. The van der Waals surface area contributed by atoms with E-state index < -0.39 is 39.1 Å². The van der Waals surface area contributed by atoms with E-state index in [0.717, 1.165) is 12.7 Å². The van der Waals surface area contributed by atoms with Crippen molar-refractivity contribution in [1.29, 1.82) is 0 Å². The molecule has 1 heterocycles. The molecular formula is C24H34O7S. The van der Waals surface area contributed by atoms with Gasteiger partial charge in [-0.15, -0.1) is 0 Å². The third-order valence-electron chi connectivity index (χ3n) is 8.94. The van der Waals surface area contributed by atoms with Crippen LogP contribution in [0.15, 0.2) is 23.3 Å². The Hall–Kier alpha value is -1.06. The van der Waals surface area contributed by atoms with E-state index in [4.69, 9.17) is 13.7 Å². The van der Waals surface area contributed by atoms with Gasteiger partial charge in [-0.2, -0.15) is 8.42 Å². The molecule has 8 heteroatoms. The summed E-state index contributed by atoms with van der Waals surface area (Å²) in [7, 11) is -3.92. The summed E-state index contributed by atoms with van der Waals surface area (Å²) in [5.74, 6) is -1.15. The highest BCUT2D eigenvalue weighted by molar-refractivity contribution is 7.86. The first-order valence-electron chi connectivity index (χ1n) is 11.4. The van der Waals surface area contributed by atoms with Crippen molar-refractivity contribution >= 4 is 15.9 Å². The molecular weight excluding hydrogens is 432 g/mol. The molecule has 0 amide bonds. The maximum atomic E-state index is 14.4. The van der Waals surface area contributed by atoms with E-state index in [9.17, 15) is 18.3 Å². The predicted molar refractivity (Wildman–Crippen MR) is 117 cm³/mol. The topological polar surface area (TPSA) is 99.1 Å². The fraction of sp³-hybridized carbons (Fsp3) is 0.792. The predicted octanol–water partition coefficient (Wildman–Crippen LogP) is 2.60. The summed E-state index contributed by atoms with van der Waals surface area (Å²) in [6.07, 6.45) is 3.34. The van der Waals surface area contributed by atoms with Gasteiger partial charge < -0.3 is 14.6 Å². The van der Waals surface area contributed by atoms with Gasteiger partial charge in [-0.25, -0.2) is 0 Å². The standard InChI is InChI=1S/C24H34O7S/c1-12-10-23-13(2)8-16-17(21(16,3)4)15(18(23)25)9-14-11-29-22(5,6)30-20(14)24(23,26)19(12)31-32(7,27)28/h9-10,13,15-17,19-20,26H,8,11H2,1-7H3/t13-,15+,16-,17+,19+,20-,23+,24-/m1/s1. The molecule has 1 N–H and O–H groups in total. The van der Waals surface area contributed by atoms with Crippen molar-refractivity contribution < 1.29 is 32.0 Å². The van der Waals surface area contributed by atoms with Crippen LogP contribution in [0, 0.1) is 34.5 Å². The zero-order chi connectivity index (χ0) is 23.6. The number of ketones is 1. The van der Waals surface area contributed by atoms with Gasteiger partial charge in [-0.1, -0.05) is 32.9 Å². The second-order valence-corrected chi connectivity index (χ2v) is 13.3. The van der Waals surface area contributed by atoms with Crippen LogP contribution in [0.2, 0.25) is 0 Å². The van der Waals surface area contributed by atoms with Gasteiger partial charge in [0.25, 0.3) is 10.1 Å². The monoisotopic (exact) mass is 466 g/mol. The SMILES string of the molecule is CC1=C[C@]23C(=O)[C@@H](C=C4COC(C)(C)O[C@H]4[C@]2(O)[C@H]1OS(C)(=O)=O)[C@H]1[C@@H](C[C@H]3C)C1(C)C. The zero-order valence-corrected chi connectivity index (χ0v) is 20.7. The van der Waals surface area contributed by atoms with Crippen molar-refractivity contribution in [3.8, 4) is 0 Å². The highest BCUT2D eigenvalue weighted by Crippen LogP contribution is 2.72. The van der Waals surface area contributed by atoms with Gasteiger partial charge >= 0.3 is 0 Å². The summed E-state index contributed by atoms with van der Waals surface area (Å²) in [5, 5.41) is 12.6. The van der Waals surface area contributed by atoms with E-state index in [1.54, 1.807) is 26.8 Å². The van der Waals surface area contributed by atoms with Crippen LogP contribution in [0.1, 0.15) is 48.0 Å². The average molecular weight is 467 g/mol. The molecule has 1 spiro atoms. The van der Waals surface area contributed by atoms with Gasteiger partial charge in [0.1, 0.15) is 17.8 Å². The number of hydrogen-bond donors (Lipinski definition) is 1. The van der Waals surface area contributed by atoms with Gasteiger partial charge in [0.2, 0.25) is 0 Å². The Balaban J connectivity index is 1.77. The van der Waals surface area contributed by atoms with E-state index in [2.05, 4.69) is 13.8 Å². The summed E-state index contributed by atoms with van der Waals surface area (Å²) in [5.41, 5.74) is -1.95. The maximum Gasteiger partial charge on any atom is 0.265 e. The molecule has 5 rings (SSSR count). The lowest BCUT2D eigenvalue weighted by molar-refractivity contribution is -0.301. The Labute approximate surface area is 190 Å². The third-order valence-corrected chi connectivity index (χ3v) is 9.48. The largest absolute Gasteiger partial charge is 0.382 e. The fourth-order valence-electron chi connectivity index (χ4n) is 7.44. The lowest BCUT2D eigenvalue weighted by Crippen LogP contribution is -2.68. The normalized spacial score (nSPS) is 48.4. The number of aliphatic hydroxyl groups is 1. The van der Waals surface area contributed by atoms with Crippen LogP contribution in [0.5, 0.6) is 0 Å². The number of ether oxygens (including phenoxy) is 2. The van der Waals surface area contributed by atoms with Crippen LogP contribution >= 0.6 is 0 Å². The van der Waals surface area contributed by atoms with Crippen LogP contribution in [-0.4, -0.2) is 55.8 Å². The number of Topliss-reactive ketones (excluding diaryl/α,β-unsaturated/α-hetero) is 1. The van der Waals surface area contributed by atoms with Gasteiger partial charge in [-0.3, -0.25) is 8.98 Å². The molecule has 8 atom stereocenters. The van der Waals surface area contributed by atoms with E-state index >= 15 is 0 Å². The molecule has 2 bridgehead atoms. The number of allylic oxidation sites excluding steroid dienone is 1. The molecule has 5 aliphatic rings. The van der Waals surface area contributed by atoms with Gasteiger partial charge in [-0.05, 0) is 61.5 Å². The number of fused-ring (bicyclic) bond motifs is 5. The number of carbonyl (C=O) groups is 1. The molecule has 3 fully saturated rings. The summed E-state index contributed by atoms with van der Waals surface area (Å²) in [6.45, 7) is 11.9. The molecule has 2 saturated carbocycles. The molecule has 32 heavy (non-hydrogen) atoms. The number of rotatable bonds is 2. The minimum atomic E-state index is -3.92. The van der Waals surface area contributed by atoms with Crippen molar-refractivity contribution in [2.24, 2.45) is 34.5 Å². The summed E-state index contributed by atoms with van der Waals surface area (Å²) in [4.78, 5) is 14.4. The molecule has 1 saturated heterocycles. The van der Waals surface area contributed by atoms with Crippen LogP contribution in [0.25, 0.3) is 0 Å². The second kappa shape index (κ2) is 6.33. The zero-order valence-electron chi connectivity index (χ0n) is 19.8. The van der Waals surface area contributed by atoms with Crippen LogP contribution < -0.4 is 0 Å². The van der Waals surface area contributed by atoms with Crippen LogP contribution in [0.3, 0.4) is 0 Å². The molecule has 1 aliphatic heterocycles. The third kappa shape index (κ3) is 2.73. The van der Waals surface area contributed by atoms with E-state index in [-0.39, 0.29) is 35.6 Å². The quantitative estimate of drug-likeness (QED) is 0.493. The molecule has 0 aromatic carbocycles. The lowest BCUT2D eigenvalue weighted by Gasteiger charge is -2.52. The first kappa shape index (κ1) is 22.7. The molecule has 4 aliphatic carbocycles. The average Bonchev–Trinajstić information content (AvgIpc) is 3.14. The summed E-state index contributed by atoms with van der Waals surface area (Å²) in [6, 6.07) is 0. The molecule has 0 unspecified atom stereocenters. The van der Waals surface area contributed by atoms with Crippen molar-refractivity contribution in [2.75, 3.05) is 12.9 Å². The highest BCUT2D eigenvalue weighted by Gasteiger charge is 2.77. The Bertz CT molecular complexity index is 1050. The Morgan fingerprint density at radius 2 is 1.88 bits per heavy atom. The smallest absolute Gasteiger partial charge is 0.265 e. The van der Waals surface area contributed by atoms with Crippen LogP contribution in [0.4, 0.5) is 0 Å². The van der Waals surface area contributed by atoms with Crippen molar-refractivity contribution in [1.82, 2.24) is 0 Å². The van der Waals surface area contributed by atoms with Crippen molar-refractivity contribution in [3.63, 3.8) is 0 Å². The lowest BCUT2D eigenvalue weighted by atomic mass is 9.59. The second-order valence-electron chi connectivity index (χ2n) is 11.7. The maximum absolute atomic E-state index is 14.4. The van der Waals surface area contributed by atoms with Gasteiger partial charge in [0.05, 0.1) is 18.3 Å². The molecule has 7 nitrogen and oxygen atoms in total. The minimum absolute atomic E-state index is 0.0287. The number of hydrogen-bond acceptors (Lipinski definition) is 7. The van der Waals surface area contributed by atoms with E-state index in [1.807, 2.05) is 13.0 Å². The van der Waals surface area contributed by atoms with E-state index in [0.29, 0.717) is 17.1 Å². The Morgan fingerprint density at radius 3 is 2.50 bits per heavy atom. The molecule has 178 valence electrons. The van der Waals surface area contributed by atoms with Crippen LogP contribution in [-0.2, 0) is 28.6 Å². The first-order valence-corrected chi connectivity index (χ1v) is 13.2. The van der Waals surface area contributed by atoms with Gasteiger partial charge in [0, 0.05) is 5.92 Å². The number of carbonyl (C=O) groups excluding carboxylic acids is 1. The van der Waals surface area contributed by atoms with Crippen molar-refractivity contribution in [3.05, 3.63) is 23.3 Å². The summed E-state index contributed by atoms with van der Waals surface area (Å²) < 4.78 is 42.2.